The van der Waals surface area contributed by atoms with E-state index in [4.69, 9.17) is 16.3 Å². The molecule has 6 nitrogen and oxygen atoms in total. The van der Waals surface area contributed by atoms with Gasteiger partial charge in [0.15, 0.2) is 0 Å². The number of rotatable bonds is 9. The molecule has 0 fully saturated rings. The molecule has 1 aromatic heterocycles. The van der Waals surface area contributed by atoms with Gasteiger partial charge in [0.05, 0.1) is 17.5 Å². The molecule has 0 N–H and O–H groups in total. The average Bonchev–Trinajstić information content (AvgIpc) is 3.32. The predicted octanol–water partition coefficient (Wildman–Crippen LogP) is 5.32. The van der Waals surface area contributed by atoms with Crippen LogP contribution in [0.25, 0.3) is 0 Å². The third kappa shape index (κ3) is 5.89. The summed E-state index contributed by atoms with van der Waals surface area (Å²) in [6.07, 6.45) is 1.34. The van der Waals surface area contributed by atoms with E-state index in [9.17, 15) is 13.2 Å². The maximum Gasteiger partial charge on any atom is 0.243 e. The van der Waals surface area contributed by atoms with Crippen LogP contribution in [-0.2, 0) is 21.2 Å². The van der Waals surface area contributed by atoms with Gasteiger partial charge in [-0.25, -0.2) is 8.42 Å². The Labute approximate surface area is 216 Å². The van der Waals surface area contributed by atoms with E-state index in [1.807, 2.05) is 49.6 Å². The molecule has 0 spiro atoms. The molecule has 1 aliphatic heterocycles. The lowest BCUT2D eigenvalue weighted by atomic mass is 10.0. The van der Waals surface area contributed by atoms with Crippen LogP contribution >= 0.6 is 22.9 Å². The van der Waals surface area contributed by atoms with Gasteiger partial charge < -0.3 is 9.64 Å². The first-order valence-corrected chi connectivity index (χ1v) is 14.3. The first kappa shape index (κ1) is 25.7. The van der Waals surface area contributed by atoms with Gasteiger partial charge in [0, 0.05) is 23.0 Å². The summed E-state index contributed by atoms with van der Waals surface area (Å²) in [5, 5.41) is 2.49. The van der Waals surface area contributed by atoms with E-state index in [1.165, 1.54) is 21.3 Å². The van der Waals surface area contributed by atoms with Crippen molar-refractivity contribution in [2.75, 3.05) is 26.2 Å². The largest absolute Gasteiger partial charge is 0.491 e. The maximum absolute atomic E-state index is 13.6. The summed E-state index contributed by atoms with van der Waals surface area (Å²) in [7, 11) is -3.84. The monoisotopic (exact) mass is 532 g/mol. The first-order valence-electron chi connectivity index (χ1n) is 11.6. The Hall–Kier alpha value is -2.39. The number of halogens is 1. The highest BCUT2D eigenvalue weighted by atomic mass is 35.5. The highest BCUT2D eigenvalue weighted by Gasteiger charge is 2.35. The number of thiophene rings is 1. The molecule has 1 atom stereocenters. The molecule has 0 saturated carbocycles. The van der Waals surface area contributed by atoms with Crippen molar-refractivity contribution >= 4 is 38.9 Å². The Bertz CT molecular complexity index is 1260. The van der Waals surface area contributed by atoms with Gasteiger partial charge in [-0.15, -0.1) is 11.3 Å². The molecule has 35 heavy (non-hydrogen) atoms. The number of hydrogen-bond donors (Lipinski definition) is 0. The standard InChI is InChI=1S/C26H29ClN2O4S2/c1-3-14-28(35(31,32)22-10-6-20(27)7-11-22)17-26(30)29-15-12-25-23(13-16-34-25)24(29)18-33-21-8-4-19(2)5-9-21/h4-11,13,16,24H,3,12,14-15,17-18H2,1-2H3/t24-/m0/s1. The topological polar surface area (TPSA) is 66.9 Å². The summed E-state index contributed by atoms with van der Waals surface area (Å²) in [6.45, 7) is 4.76. The third-order valence-corrected chi connectivity index (χ3v) is 9.19. The molecule has 0 unspecified atom stereocenters. The Balaban J connectivity index is 1.55. The molecule has 2 heterocycles. The molecule has 4 rings (SSSR count). The summed E-state index contributed by atoms with van der Waals surface area (Å²) in [5.74, 6) is 0.508. The Morgan fingerprint density at radius 2 is 1.86 bits per heavy atom. The lowest BCUT2D eigenvalue weighted by Gasteiger charge is -2.37. The van der Waals surface area contributed by atoms with Crippen LogP contribution < -0.4 is 4.74 Å². The number of aryl methyl sites for hydroxylation is 1. The van der Waals surface area contributed by atoms with Crippen LogP contribution in [-0.4, -0.2) is 49.8 Å². The van der Waals surface area contributed by atoms with Gasteiger partial charge in [0.1, 0.15) is 12.4 Å². The van der Waals surface area contributed by atoms with Gasteiger partial charge in [-0.2, -0.15) is 4.31 Å². The Morgan fingerprint density at radius 1 is 1.14 bits per heavy atom. The van der Waals surface area contributed by atoms with Gasteiger partial charge in [0.2, 0.25) is 15.9 Å². The smallest absolute Gasteiger partial charge is 0.243 e. The second kappa shape index (κ2) is 11.1. The number of fused-ring (bicyclic) bond motifs is 1. The van der Waals surface area contributed by atoms with Crippen molar-refractivity contribution in [1.29, 1.82) is 0 Å². The minimum Gasteiger partial charge on any atom is -0.491 e. The van der Waals surface area contributed by atoms with E-state index in [1.54, 1.807) is 28.4 Å². The lowest BCUT2D eigenvalue weighted by molar-refractivity contribution is -0.135. The van der Waals surface area contributed by atoms with Crippen molar-refractivity contribution in [2.45, 2.75) is 37.6 Å². The molecule has 3 aromatic rings. The first-order chi connectivity index (χ1) is 16.8. The van der Waals surface area contributed by atoms with E-state index >= 15 is 0 Å². The minimum atomic E-state index is -3.84. The second-order valence-corrected chi connectivity index (χ2v) is 11.9. The van der Waals surface area contributed by atoms with Crippen molar-refractivity contribution in [1.82, 2.24) is 9.21 Å². The SMILES string of the molecule is CCCN(CC(=O)N1CCc2sccc2[C@@H]1COc1ccc(C)cc1)S(=O)(=O)c1ccc(Cl)cc1. The van der Waals surface area contributed by atoms with Crippen LogP contribution in [0.4, 0.5) is 0 Å². The van der Waals surface area contributed by atoms with E-state index < -0.39 is 10.0 Å². The molecule has 9 heteroatoms. The van der Waals surface area contributed by atoms with Gasteiger partial charge >= 0.3 is 0 Å². The molecule has 1 aliphatic rings. The quantitative estimate of drug-likeness (QED) is 0.374. The van der Waals surface area contributed by atoms with Crippen LogP contribution in [0.2, 0.25) is 5.02 Å². The molecule has 0 saturated heterocycles. The zero-order chi connectivity index (χ0) is 25.0. The van der Waals surface area contributed by atoms with Crippen molar-refractivity contribution in [2.24, 2.45) is 0 Å². The van der Waals surface area contributed by atoms with Crippen LogP contribution in [0.1, 0.15) is 35.4 Å². The van der Waals surface area contributed by atoms with Crippen LogP contribution in [0, 0.1) is 6.92 Å². The predicted molar refractivity (Wildman–Crippen MR) is 140 cm³/mol. The zero-order valence-corrected chi connectivity index (χ0v) is 22.2. The normalized spacial score (nSPS) is 15.8. The average molecular weight is 533 g/mol. The number of hydrogen-bond acceptors (Lipinski definition) is 5. The lowest BCUT2D eigenvalue weighted by Crippen LogP contribution is -2.48. The molecular weight excluding hydrogens is 504 g/mol. The van der Waals surface area contributed by atoms with Crippen molar-refractivity contribution < 1.29 is 17.9 Å². The fourth-order valence-electron chi connectivity index (χ4n) is 4.22. The summed E-state index contributed by atoms with van der Waals surface area (Å²) in [6, 6.07) is 15.6. The maximum atomic E-state index is 13.6. The summed E-state index contributed by atoms with van der Waals surface area (Å²) in [4.78, 5) is 16.7. The van der Waals surface area contributed by atoms with Crippen LogP contribution in [0.3, 0.4) is 0 Å². The van der Waals surface area contributed by atoms with E-state index in [0.717, 1.165) is 23.3 Å². The molecule has 1 amide bonds. The number of carbonyl (C=O) groups excluding carboxylic acids is 1. The third-order valence-electron chi connectivity index (χ3n) is 6.08. The molecule has 0 bridgehead atoms. The molecule has 0 aliphatic carbocycles. The number of carbonyl (C=O) groups is 1. The van der Waals surface area contributed by atoms with E-state index in [2.05, 4.69) is 0 Å². The van der Waals surface area contributed by atoms with E-state index in [0.29, 0.717) is 24.6 Å². The molecule has 2 aromatic carbocycles. The molecular formula is C26H29ClN2O4S2. The van der Waals surface area contributed by atoms with Gasteiger partial charge in [-0.05, 0) is 73.2 Å². The van der Waals surface area contributed by atoms with Gasteiger partial charge in [-0.3, -0.25) is 4.79 Å². The highest BCUT2D eigenvalue weighted by Crippen LogP contribution is 2.34. The zero-order valence-electron chi connectivity index (χ0n) is 19.8. The number of benzene rings is 2. The van der Waals surface area contributed by atoms with Crippen LogP contribution in [0.15, 0.2) is 64.9 Å². The number of ether oxygens (including phenoxy) is 1. The highest BCUT2D eigenvalue weighted by molar-refractivity contribution is 7.89. The number of amides is 1. The van der Waals surface area contributed by atoms with Crippen LogP contribution in [0.5, 0.6) is 5.75 Å². The molecule has 186 valence electrons. The summed E-state index contributed by atoms with van der Waals surface area (Å²) in [5.41, 5.74) is 2.22. The summed E-state index contributed by atoms with van der Waals surface area (Å²) >= 11 is 7.62. The summed E-state index contributed by atoms with van der Waals surface area (Å²) < 4.78 is 34.0. The van der Waals surface area contributed by atoms with Crippen molar-refractivity contribution in [3.63, 3.8) is 0 Å². The van der Waals surface area contributed by atoms with Gasteiger partial charge in [-0.1, -0.05) is 36.2 Å². The minimum absolute atomic E-state index is 0.126. The second-order valence-electron chi connectivity index (χ2n) is 8.57. The fourth-order valence-corrected chi connectivity index (χ4v) is 6.75. The number of sulfonamides is 1. The fraction of sp³-hybridized carbons (Fsp3) is 0.346. The van der Waals surface area contributed by atoms with Crippen molar-refractivity contribution in [3.05, 3.63) is 81.0 Å². The van der Waals surface area contributed by atoms with Crippen molar-refractivity contribution in [3.8, 4) is 5.75 Å². The number of nitrogens with zero attached hydrogens (tertiary/aromatic N) is 2. The Kier molecular flexibility index (Phi) is 8.16. The molecule has 0 radical (unpaired) electrons. The van der Waals surface area contributed by atoms with E-state index in [-0.39, 0.29) is 29.9 Å². The van der Waals surface area contributed by atoms with Gasteiger partial charge in [0.25, 0.3) is 0 Å². The Morgan fingerprint density at radius 3 is 2.54 bits per heavy atom.